The summed E-state index contributed by atoms with van der Waals surface area (Å²) >= 11 is 7.26. The van der Waals surface area contributed by atoms with E-state index in [-0.39, 0.29) is 16.6 Å². The fraction of sp³-hybridized carbons (Fsp3) is 0.211. The highest BCUT2D eigenvalue weighted by atomic mass is 35.5. The molecule has 1 unspecified atom stereocenters. The first kappa shape index (κ1) is 20.8. The number of halogens is 1. The van der Waals surface area contributed by atoms with Gasteiger partial charge in [-0.05, 0) is 32.0 Å². The number of carbonyl (C=O) groups is 1. The van der Waals surface area contributed by atoms with E-state index in [0.717, 1.165) is 10.9 Å². The van der Waals surface area contributed by atoms with Crippen molar-refractivity contribution >= 4 is 57.4 Å². The zero-order valence-corrected chi connectivity index (χ0v) is 17.3. The third-order valence-corrected chi connectivity index (χ3v) is 5.27. The van der Waals surface area contributed by atoms with Crippen molar-refractivity contribution in [2.24, 2.45) is 0 Å². The van der Waals surface area contributed by atoms with Crippen molar-refractivity contribution in [3.63, 3.8) is 0 Å². The maximum absolute atomic E-state index is 12.6. The van der Waals surface area contributed by atoms with E-state index in [1.807, 2.05) is 31.2 Å². The van der Waals surface area contributed by atoms with Crippen molar-refractivity contribution in [2.45, 2.75) is 24.3 Å². The number of nitrogens with zero attached hydrogens (tertiary/aromatic N) is 3. The molecule has 2 N–H and O–H groups in total. The largest absolute Gasteiger partial charge is 0.370 e. The summed E-state index contributed by atoms with van der Waals surface area (Å²) in [7, 11) is 0. The molecule has 2 aromatic carbocycles. The predicted molar refractivity (Wildman–Crippen MR) is 116 cm³/mol. The van der Waals surface area contributed by atoms with Crippen molar-refractivity contribution in [1.82, 2.24) is 9.97 Å². The number of nitro benzene ring substituents is 1. The first-order chi connectivity index (χ1) is 13.9. The summed E-state index contributed by atoms with van der Waals surface area (Å²) in [6.45, 7) is 4.41. The molecule has 0 aliphatic carbocycles. The molecule has 8 nitrogen and oxygen atoms in total. The molecule has 0 fully saturated rings. The molecule has 0 aliphatic heterocycles. The van der Waals surface area contributed by atoms with Gasteiger partial charge in [-0.15, -0.1) is 0 Å². The SMILES string of the molecule is CCNc1nc(SC(C)C(=O)Nc2ccc([N+](=O)[O-])cc2Cl)nc2ccccc12. The van der Waals surface area contributed by atoms with Crippen molar-refractivity contribution in [2.75, 3.05) is 17.2 Å². The number of amides is 1. The van der Waals surface area contributed by atoms with Crippen LogP contribution in [0, 0.1) is 10.1 Å². The Bertz CT molecular complexity index is 1080. The topological polar surface area (TPSA) is 110 Å². The Morgan fingerprint density at radius 1 is 1.28 bits per heavy atom. The first-order valence-corrected chi connectivity index (χ1v) is 10.1. The van der Waals surface area contributed by atoms with Crippen LogP contribution in [0.2, 0.25) is 5.02 Å². The summed E-state index contributed by atoms with van der Waals surface area (Å²) in [5.41, 5.74) is 0.949. The highest BCUT2D eigenvalue weighted by Gasteiger charge is 2.19. The van der Waals surface area contributed by atoms with E-state index in [2.05, 4.69) is 20.6 Å². The van der Waals surface area contributed by atoms with Crippen LogP contribution >= 0.6 is 23.4 Å². The zero-order valence-electron chi connectivity index (χ0n) is 15.7. The fourth-order valence-corrected chi connectivity index (χ4v) is 3.57. The van der Waals surface area contributed by atoms with E-state index in [1.54, 1.807) is 6.92 Å². The molecule has 0 aliphatic rings. The molecule has 0 saturated carbocycles. The molecule has 0 bridgehead atoms. The molecule has 29 heavy (non-hydrogen) atoms. The second-order valence-electron chi connectivity index (χ2n) is 6.07. The average Bonchev–Trinajstić information content (AvgIpc) is 2.69. The lowest BCUT2D eigenvalue weighted by Gasteiger charge is -2.14. The lowest BCUT2D eigenvalue weighted by Crippen LogP contribution is -2.23. The first-order valence-electron chi connectivity index (χ1n) is 8.81. The van der Waals surface area contributed by atoms with Crippen LogP contribution in [0.15, 0.2) is 47.6 Å². The minimum Gasteiger partial charge on any atom is -0.370 e. The maximum atomic E-state index is 12.6. The van der Waals surface area contributed by atoms with Gasteiger partial charge in [0.2, 0.25) is 5.91 Å². The maximum Gasteiger partial charge on any atom is 0.271 e. The van der Waals surface area contributed by atoms with Crippen LogP contribution in [0.1, 0.15) is 13.8 Å². The number of carbonyl (C=O) groups excluding carboxylic acids is 1. The number of nitro groups is 1. The Labute approximate surface area is 176 Å². The lowest BCUT2D eigenvalue weighted by molar-refractivity contribution is -0.384. The molecule has 1 aromatic heterocycles. The van der Waals surface area contributed by atoms with Crippen molar-refractivity contribution in [3.8, 4) is 0 Å². The van der Waals surface area contributed by atoms with Crippen LogP contribution < -0.4 is 10.6 Å². The van der Waals surface area contributed by atoms with Gasteiger partial charge in [0.25, 0.3) is 5.69 Å². The second-order valence-corrected chi connectivity index (χ2v) is 7.79. The Kier molecular flexibility index (Phi) is 6.50. The van der Waals surface area contributed by atoms with Gasteiger partial charge in [0.15, 0.2) is 5.16 Å². The van der Waals surface area contributed by atoms with Gasteiger partial charge in [-0.3, -0.25) is 14.9 Å². The number of nitrogens with one attached hydrogen (secondary N) is 2. The lowest BCUT2D eigenvalue weighted by atomic mass is 10.2. The van der Waals surface area contributed by atoms with Gasteiger partial charge in [-0.1, -0.05) is 35.5 Å². The van der Waals surface area contributed by atoms with Gasteiger partial charge in [-0.25, -0.2) is 9.97 Å². The molecule has 1 atom stereocenters. The van der Waals surface area contributed by atoms with Crippen LogP contribution in [0.5, 0.6) is 0 Å². The molecule has 3 rings (SSSR count). The van der Waals surface area contributed by atoms with E-state index in [1.165, 1.54) is 30.0 Å². The Hall–Kier alpha value is -2.91. The Balaban J connectivity index is 1.77. The molecular weight excluding hydrogens is 414 g/mol. The van der Waals surface area contributed by atoms with Crippen LogP contribution in [0.25, 0.3) is 10.9 Å². The monoisotopic (exact) mass is 431 g/mol. The van der Waals surface area contributed by atoms with Crippen LogP contribution in [-0.4, -0.2) is 32.6 Å². The molecule has 150 valence electrons. The minimum absolute atomic E-state index is 0.0983. The summed E-state index contributed by atoms with van der Waals surface area (Å²) in [6.07, 6.45) is 0. The number of non-ortho nitro benzene ring substituents is 1. The molecule has 0 spiro atoms. The van der Waals surface area contributed by atoms with Gasteiger partial charge < -0.3 is 10.6 Å². The highest BCUT2D eigenvalue weighted by molar-refractivity contribution is 8.00. The number of fused-ring (bicyclic) bond motifs is 1. The normalized spacial score (nSPS) is 11.8. The van der Waals surface area contributed by atoms with Gasteiger partial charge in [0, 0.05) is 24.1 Å². The molecule has 0 saturated heterocycles. The molecular formula is C19H18ClN5O3S. The average molecular weight is 432 g/mol. The Morgan fingerprint density at radius 3 is 2.72 bits per heavy atom. The van der Waals surface area contributed by atoms with E-state index >= 15 is 0 Å². The van der Waals surface area contributed by atoms with Crippen molar-refractivity contribution in [3.05, 3.63) is 57.6 Å². The summed E-state index contributed by atoms with van der Waals surface area (Å²) in [4.78, 5) is 31.9. The van der Waals surface area contributed by atoms with Gasteiger partial charge in [-0.2, -0.15) is 0 Å². The standard InChI is InChI=1S/C19H18ClN5O3S/c1-3-21-17-13-6-4-5-7-15(13)23-19(24-17)29-11(2)18(26)22-16-9-8-12(25(27)28)10-14(16)20/h4-11H,3H2,1-2H3,(H,22,26)(H,21,23,24). The van der Waals surface area contributed by atoms with Crippen LogP contribution in [0.3, 0.4) is 0 Å². The predicted octanol–water partition coefficient (Wildman–Crippen LogP) is 4.74. The van der Waals surface area contributed by atoms with Crippen LogP contribution in [-0.2, 0) is 4.79 Å². The number of para-hydroxylation sites is 1. The molecule has 1 amide bonds. The number of hydrogen-bond donors (Lipinski definition) is 2. The molecule has 3 aromatic rings. The number of thioether (sulfide) groups is 1. The van der Waals surface area contributed by atoms with Gasteiger partial charge in [0.1, 0.15) is 5.82 Å². The zero-order chi connectivity index (χ0) is 21.0. The second kappa shape index (κ2) is 9.06. The van der Waals surface area contributed by atoms with Crippen molar-refractivity contribution < 1.29 is 9.72 Å². The minimum atomic E-state index is -0.547. The quantitative estimate of drug-likeness (QED) is 0.240. The fourth-order valence-electron chi connectivity index (χ4n) is 2.58. The summed E-state index contributed by atoms with van der Waals surface area (Å²) in [5.74, 6) is 0.402. The van der Waals surface area contributed by atoms with Crippen LogP contribution in [0.4, 0.5) is 17.2 Å². The third kappa shape index (κ3) is 4.93. The number of aromatic nitrogens is 2. The van der Waals surface area contributed by atoms with E-state index in [0.29, 0.717) is 23.2 Å². The summed E-state index contributed by atoms with van der Waals surface area (Å²) in [6, 6.07) is 11.5. The summed E-state index contributed by atoms with van der Waals surface area (Å²) < 4.78 is 0. The van der Waals surface area contributed by atoms with E-state index in [9.17, 15) is 14.9 Å². The number of rotatable bonds is 7. The molecule has 1 heterocycles. The molecule has 0 radical (unpaired) electrons. The Morgan fingerprint density at radius 2 is 2.03 bits per heavy atom. The van der Waals surface area contributed by atoms with Gasteiger partial charge in [0.05, 0.1) is 26.4 Å². The van der Waals surface area contributed by atoms with E-state index in [4.69, 9.17) is 11.6 Å². The smallest absolute Gasteiger partial charge is 0.271 e. The highest BCUT2D eigenvalue weighted by Crippen LogP contribution is 2.29. The molecule has 10 heteroatoms. The number of benzene rings is 2. The van der Waals surface area contributed by atoms with Gasteiger partial charge >= 0.3 is 0 Å². The van der Waals surface area contributed by atoms with E-state index < -0.39 is 10.2 Å². The summed E-state index contributed by atoms with van der Waals surface area (Å²) in [5, 5.41) is 17.7. The number of hydrogen-bond acceptors (Lipinski definition) is 7. The van der Waals surface area contributed by atoms with Crippen molar-refractivity contribution in [1.29, 1.82) is 0 Å². The number of anilines is 2. The third-order valence-electron chi connectivity index (χ3n) is 4.00.